The van der Waals surface area contributed by atoms with Crippen molar-refractivity contribution in [1.82, 2.24) is 10.2 Å². The number of hydrogen-bond donors (Lipinski definition) is 2. The molecule has 2 rings (SSSR count). The summed E-state index contributed by atoms with van der Waals surface area (Å²) in [5.41, 5.74) is 1.85. The van der Waals surface area contributed by atoms with E-state index < -0.39 is 0 Å². The molecule has 1 heterocycles. The fraction of sp³-hybridized carbons (Fsp3) is 0.438. The van der Waals surface area contributed by atoms with Crippen LogP contribution in [-0.4, -0.2) is 42.4 Å². The number of nitrogens with one attached hydrogen (secondary N) is 2. The highest BCUT2D eigenvalue weighted by Crippen LogP contribution is 2.15. The van der Waals surface area contributed by atoms with E-state index in [4.69, 9.17) is 5.26 Å². The Balaban J connectivity index is 1.72. The Morgan fingerprint density at radius 1 is 1.32 bits per heavy atom. The molecule has 0 radical (unpaired) electrons. The summed E-state index contributed by atoms with van der Waals surface area (Å²) in [6.45, 7) is 2.73. The molecule has 1 aromatic rings. The lowest BCUT2D eigenvalue weighted by Crippen LogP contribution is -2.42. The Morgan fingerprint density at radius 2 is 2.05 bits per heavy atom. The van der Waals surface area contributed by atoms with Crippen LogP contribution in [0.3, 0.4) is 0 Å². The minimum absolute atomic E-state index is 0.0602. The van der Waals surface area contributed by atoms with E-state index in [1.165, 1.54) is 0 Å². The molecule has 1 aromatic carbocycles. The van der Waals surface area contributed by atoms with Gasteiger partial charge in [0.15, 0.2) is 0 Å². The van der Waals surface area contributed by atoms with Gasteiger partial charge < -0.3 is 10.2 Å². The van der Waals surface area contributed by atoms with E-state index >= 15 is 0 Å². The highest BCUT2D eigenvalue weighted by atomic mass is 16.2. The van der Waals surface area contributed by atoms with Crippen molar-refractivity contribution in [2.45, 2.75) is 25.8 Å². The Kier molecular flexibility index (Phi) is 5.50. The number of amides is 2. The first-order valence-electron chi connectivity index (χ1n) is 7.36. The molecular formula is C16H20N4O2. The summed E-state index contributed by atoms with van der Waals surface area (Å²) in [6.07, 6.45) is 1.59. The molecule has 1 saturated heterocycles. The largest absolute Gasteiger partial charge is 0.326 e. The molecule has 0 aromatic heterocycles. The predicted molar refractivity (Wildman–Crippen MR) is 83.0 cm³/mol. The maximum atomic E-state index is 12.0. The molecule has 0 spiro atoms. The summed E-state index contributed by atoms with van der Waals surface area (Å²) < 4.78 is 0. The lowest BCUT2D eigenvalue weighted by molar-refractivity contribution is -0.130. The Labute approximate surface area is 130 Å². The number of nitriles is 1. The molecule has 0 unspecified atom stereocenters. The smallest absolute Gasteiger partial charge is 0.238 e. The van der Waals surface area contributed by atoms with Crippen molar-refractivity contribution in [2.24, 2.45) is 0 Å². The van der Waals surface area contributed by atoms with Gasteiger partial charge >= 0.3 is 0 Å². The first kappa shape index (κ1) is 16.0. The zero-order chi connectivity index (χ0) is 15.9. The number of rotatable bonds is 5. The summed E-state index contributed by atoms with van der Waals surface area (Å²) in [5, 5.41) is 14.5. The number of nitrogens with zero attached hydrogens (tertiary/aromatic N) is 2. The van der Waals surface area contributed by atoms with E-state index in [1.54, 1.807) is 4.90 Å². The van der Waals surface area contributed by atoms with Crippen LogP contribution in [0.4, 0.5) is 5.69 Å². The van der Waals surface area contributed by atoms with Gasteiger partial charge in [0.2, 0.25) is 11.8 Å². The first-order valence-corrected chi connectivity index (χ1v) is 7.36. The number of hydrogen-bond acceptors (Lipinski definition) is 4. The lowest BCUT2D eigenvalue weighted by Gasteiger charge is -2.19. The van der Waals surface area contributed by atoms with Crippen LogP contribution in [0.25, 0.3) is 0 Å². The van der Waals surface area contributed by atoms with Crippen molar-refractivity contribution in [2.75, 3.05) is 25.0 Å². The number of carbonyl (C=O) groups excluding carboxylic acids is 2. The molecule has 1 atom stereocenters. The van der Waals surface area contributed by atoms with Gasteiger partial charge in [0.1, 0.15) is 6.04 Å². The minimum Gasteiger partial charge on any atom is -0.326 e. The third kappa shape index (κ3) is 4.30. The molecule has 116 valence electrons. The quantitative estimate of drug-likeness (QED) is 0.851. The first-order chi connectivity index (χ1) is 10.6. The van der Waals surface area contributed by atoms with Crippen LogP contribution in [0.5, 0.6) is 0 Å². The zero-order valence-corrected chi connectivity index (χ0v) is 12.6. The third-order valence-corrected chi connectivity index (χ3v) is 3.62. The van der Waals surface area contributed by atoms with E-state index in [1.807, 2.05) is 31.2 Å². The van der Waals surface area contributed by atoms with E-state index in [-0.39, 0.29) is 30.9 Å². The zero-order valence-electron chi connectivity index (χ0n) is 12.6. The van der Waals surface area contributed by atoms with Crippen molar-refractivity contribution >= 4 is 17.5 Å². The van der Waals surface area contributed by atoms with Gasteiger partial charge in [-0.25, -0.2) is 0 Å². The summed E-state index contributed by atoms with van der Waals surface area (Å²) in [7, 11) is 0. The average molecular weight is 300 g/mol. The van der Waals surface area contributed by atoms with E-state index in [9.17, 15) is 9.59 Å². The fourth-order valence-electron chi connectivity index (χ4n) is 2.43. The topological polar surface area (TPSA) is 85.2 Å². The van der Waals surface area contributed by atoms with Gasteiger partial charge in [0.05, 0.1) is 19.2 Å². The van der Waals surface area contributed by atoms with Crippen molar-refractivity contribution in [3.8, 4) is 6.07 Å². The highest BCUT2D eigenvalue weighted by Gasteiger charge is 2.27. The lowest BCUT2D eigenvalue weighted by atomic mass is 10.2. The second-order valence-corrected chi connectivity index (χ2v) is 5.39. The van der Waals surface area contributed by atoms with Crippen LogP contribution < -0.4 is 10.6 Å². The van der Waals surface area contributed by atoms with Crippen molar-refractivity contribution in [3.63, 3.8) is 0 Å². The molecular weight excluding hydrogens is 280 g/mol. The Hall–Kier alpha value is -2.39. The average Bonchev–Trinajstić information content (AvgIpc) is 2.98. The van der Waals surface area contributed by atoms with Gasteiger partial charge in [0.25, 0.3) is 0 Å². The van der Waals surface area contributed by atoms with Crippen LogP contribution in [-0.2, 0) is 9.59 Å². The molecule has 6 nitrogen and oxygen atoms in total. The number of benzene rings is 1. The maximum absolute atomic E-state index is 12.0. The monoisotopic (exact) mass is 300 g/mol. The van der Waals surface area contributed by atoms with Crippen LogP contribution in [0.2, 0.25) is 0 Å². The standard InChI is InChI=1S/C16H20N4O2/c1-12-4-6-13(7-5-12)19-15(21)10-18-11-16(22)20-8-2-3-14(20)9-17/h4-7,14,18H,2-3,8,10-11H2,1H3,(H,19,21)/t14-/m0/s1. The van der Waals surface area contributed by atoms with Gasteiger partial charge in [-0.3, -0.25) is 14.9 Å². The Morgan fingerprint density at radius 3 is 2.73 bits per heavy atom. The second-order valence-electron chi connectivity index (χ2n) is 5.39. The number of anilines is 1. The normalized spacial score (nSPS) is 17.1. The van der Waals surface area contributed by atoms with Crippen molar-refractivity contribution in [1.29, 1.82) is 5.26 Å². The van der Waals surface area contributed by atoms with Crippen molar-refractivity contribution < 1.29 is 9.59 Å². The molecule has 1 fully saturated rings. The second kappa shape index (κ2) is 7.57. The van der Waals surface area contributed by atoms with Crippen molar-refractivity contribution in [3.05, 3.63) is 29.8 Å². The molecule has 2 N–H and O–H groups in total. The third-order valence-electron chi connectivity index (χ3n) is 3.62. The summed E-state index contributed by atoms with van der Waals surface area (Å²) in [5.74, 6) is -0.331. The van der Waals surface area contributed by atoms with Gasteiger partial charge in [-0.05, 0) is 31.9 Å². The van der Waals surface area contributed by atoms with E-state index in [0.717, 1.165) is 24.1 Å². The summed E-state index contributed by atoms with van der Waals surface area (Å²) >= 11 is 0. The Bertz CT molecular complexity index is 577. The molecule has 2 amide bonds. The number of likely N-dealkylation sites (tertiary alicyclic amines) is 1. The molecule has 6 heteroatoms. The maximum Gasteiger partial charge on any atom is 0.238 e. The van der Waals surface area contributed by atoms with Gasteiger partial charge in [-0.1, -0.05) is 17.7 Å². The summed E-state index contributed by atoms with van der Waals surface area (Å²) in [4.78, 5) is 25.3. The molecule has 1 aliphatic heterocycles. The molecule has 0 saturated carbocycles. The number of carbonyl (C=O) groups is 2. The van der Waals surface area contributed by atoms with Crippen LogP contribution >= 0.6 is 0 Å². The van der Waals surface area contributed by atoms with Crippen LogP contribution in [0.15, 0.2) is 24.3 Å². The van der Waals surface area contributed by atoms with Crippen LogP contribution in [0, 0.1) is 18.3 Å². The fourth-order valence-corrected chi connectivity index (χ4v) is 2.43. The molecule has 0 aliphatic carbocycles. The van der Waals surface area contributed by atoms with Crippen LogP contribution in [0.1, 0.15) is 18.4 Å². The highest BCUT2D eigenvalue weighted by molar-refractivity contribution is 5.92. The predicted octanol–water partition coefficient (Wildman–Crippen LogP) is 1.04. The number of aryl methyl sites for hydroxylation is 1. The molecule has 22 heavy (non-hydrogen) atoms. The summed E-state index contributed by atoms with van der Waals surface area (Å²) in [6, 6.07) is 9.31. The van der Waals surface area contributed by atoms with Gasteiger partial charge in [-0.2, -0.15) is 5.26 Å². The molecule has 0 bridgehead atoms. The molecule has 1 aliphatic rings. The SMILES string of the molecule is Cc1ccc(NC(=O)CNCC(=O)N2CCC[C@H]2C#N)cc1. The minimum atomic E-state index is -0.323. The van der Waals surface area contributed by atoms with Gasteiger partial charge in [-0.15, -0.1) is 0 Å². The van der Waals surface area contributed by atoms with Gasteiger partial charge in [0, 0.05) is 12.2 Å². The van der Waals surface area contributed by atoms with E-state index in [0.29, 0.717) is 6.54 Å². The van der Waals surface area contributed by atoms with E-state index in [2.05, 4.69) is 16.7 Å².